The van der Waals surface area contributed by atoms with Crippen molar-refractivity contribution in [1.29, 1.82) is 0 Å². The summed E-state index contributed by atoms with van der Waals surface area (Å²) in [5, 5.41) is 7.60. The van der Waals surface area contributed by atoms with Crippen molar-refractivity contribution in [3.63, 3.8) is 0 Å². The van der Waals surface area contributed by atoms with Gasteiger partial charge < -0.3 is 15.0 Å². The van der Waals surface area contributed by atoms with E-state index in [1.807, 2.05) is 19.1 Å². The lowest BCUT2D eigenvalue weighted by Crippen LogP contribution is -2.36. The summed E-state index contributed by atoms with van der Waals surface area (Å²) in [4.78, 5) is 2.32. The fourth-order valence-electron chi connectivity index (χ4n) is 1.96. The number of ether oxygens (including phenoxy) is 1. The van der Waals surface area contributed by atoms with Crippen molar-refractivity contribution >= 4 is 29.2 Å². The van der Waals surface area contributed by atoms with Crippen molar-refractivity contribution in [3.05, 3.63) is 29.8 Å². The second-order valence-electron chi connectivity index (χ2n) is 4.42. The van der Waals surface area contributed by atoms with Gasteiger partial charge >= 0.3 is 0 Å². The van der Waals surface area contributed by atoms with Crippen LogP contribution >= 0.6 is 12.2 Å². The molecule has 0 aromatic heterocycles. The molecule has 0 unspecified atom stereocenters. The summed E-state index contributed by atoms with van der Waals surface area (Å²) in [6.45, 7) is 6.28. The van der Waals surface area contributed by atoms with Crippen LogP contribution in [0.2, 0.25) is 0 Å². The first-order valence-corrected chi connectivity index (χ1v) is 7.20. The molecule has 1 saturated heterocycles. The van der Waals surface area contributed by atoms with Gasteiger partial charge in [-0.1, -0.05) is 12.1 Å². The number of hydrogen-bond acceptors (Lipinski definition) is 4. The van der Waals surface area contributed by atoms with E-state index in [1.165, 1.54) is 5.69 Å². The largest absolute Gasteiger partial charge is 0.378 e. The standard InChI is InChI=1S/C14H20N4OS/c1-2-15-14(20)17-16-11-12-3-5-13(6-4-12)18-7-9-19-10-8-18/h3-6,11H,2,7-10H2,1H3,(H2,15,17,20)/b16-11-. The molecule has 0 aliphatic carbocycles. The van der Waals surface area contributed by atoms with Gasteiger partial charge in [0, 0.05) is 25.3 Å². The molecule has 1 heterocycles. The predicted octanol–water partition coefficient (Wildman–Crippen LogP) is 1.34. The molecular weight excluding hydrogens is 272 g/mol. The summed E-state index contributed by atoms with van der Waals surface area (Å²) in [6.07, 6.45) is 1.76. The molecule has 0 atom stereocenters. The summed E-state index contributed by atoms with van der Waals surface area (Å²) in [5.41, 5.74) is 5.03. The Morgan fingerprint density at radius 3 is 2.70 bits per heavy atom. The van der Waals surface area contributed by atoms with Crippen LogP contribution in [0.3, 0.4) is 0 Å². The summed E-state index contributed by atoms with van der Waals surface area (Å²) >= 11 is 5.02. The van der Waals surface area contributed by atoms with Crippen LogP contribution in [0.4, 0.5) is 5.69 Å². The molecule has 5 nitrogen and oxygen atoms in total. The number of rotatable bonds is 4. The van der Waals surface area contributed by atoms with Gasteiger partial charge in [-0.05, 0) is 36.8 Å². The van der Waals surface area contributed by atoms with Crippen LogP contribution in [-0.2, 0) is 4.74 Å². The Morgan fingerprint density at radius 2 is 2.05 bits per heavy atom. The fourth-order valence-corrected chi connectivity index (χ4v) is 2.16. The highest BCUT2D eigenvalue weighted by Gasteiger charge is 2.10. The third-order valence-electron chi connectivity index (χ3n) is 2.99. The quantitative estimate of drug-likeness (QED) is 0.498. The van der Waals surface area contributed by atoms with Crippen LogP contribution < -0.4 is 15.6 Å². The van der Waals surface area contributed by atoms with Crippen LogP contribution in [-0.4, -0.2) is 44.2 Å². The van der Waals surface area contributed by atoms with Crippen LogP contribution in [0.25, 0.3) is 0 Å². The zero-order chi connectivity index (χ0) is 14.2. The molecule has 1 aliphatic heterocycles. The van der Waals surface area contributed by atoms with Crippen molar-refractivity contribution < 1.29 is 4.74 Å². The Balaban J connectivity index is 1.87. The van der Waals surface area contributed by atoms with Gasteiger partial charge in [0.15, 0.2) is 5.11 Å². The predicted molar refractivity (Wildman–Crippen MR) is 86.5 cm³/mol. The summed E-state index contributed by atoms with van der Waals surface area (Å²) in [6, 6.07) is 8.31. The minimum Gasteiger partial charge on any atom is -0.378 e. The van der Waals surface area contributed by atoms with E-state index in [2.05, 4.69) is 32.9 Å². The second-order valence-corrected chi connectivity index (χ2v) is 4.83. The van der Waals surface area contributed by atoms with E-state index in [9.17, 15) is 0 Å². The van der Waals surface area contributed by atoms with E-state index >= 15 is 0 Å². The number of anilines is 1. The molecule has 2 N–H and O–H groups in total. The molecule has 1 fully saturated rings. The lowest BCUT2D eigenvalue weighted by Gasteiger charge is -2.28. The number of nitrogens with zero attached hydrogens (tertiary/aromatic N) is 2. The molecule has 6 heteroatoms. The number of hydrazone groups is 1. The van der Waals surface area contributed by atoms with Crippen molar-refractivity contribution in [2.24, 2.45) is 5.10 Å². The van der Waals surface area contributed by atoms with E-state index in [0.29, 0.717) is 5.11 Å². The molecular formula is C14H20N4OS. The third-order valence-corrected chi connectivity index (χ3v) is 3.22. The Hall–Kier alpha value is -1.66. The Kier molecular flexibility index (Phi) is 5.76. The normalized spacial score (nSPS) is 15.3. The second kappa shape index (κ2) is 7.81. The van der Waals surface area contributed by atoms with Crippen molar-refractivity contribution in [3.8, 4) is 0 Å². The Morgan fingerprint density at radius 1 is 1.35 bits per heavy atom. The third kappa shape index (κ3) is 4.47. The molecule has 0 spiro atoms. The zero-order valence-electron chi connectivity index (χ0n) is 11.6. The average Bonchev–Trinajstić information content (AvgIpc) is 2.49. The van der Waals surface area contributed by atoms with Crippen molar-refractivity contribution in [2.45, 2.75) is 6.92 Å². The molecule has 2 rings (SSSR count). The van der Waals surface area contributed by atoms with E-state index < -0.39 is 0 Å². The van der Waals surface area contributed by atoms with E-state index in [0.717, 1.165) is 38.4 Å². The van der Waals surface area contributed by atoms with Gasteiger partial charge in [0.05, 0.1) is 19.4 Å². The van der Waals surface area contributed by atoms with Crippen molar-refractivity contribution in [2.75, 3.05) is 37.7 Å². The monoisotopic (exact) mass is 292 g/mol. The Labute approximate surface area is 125 Å². The molecule has 0 amide bonds. The van der Waals surface area contributed by atoms with Gasteiger partial charge in [0.1, 0.15) is 0 Å². The first-order chi connectivity index (χ1) is 9.79. The van der Waals surface area contributed by atoms with E-state index in [4.69, 9.17) is 17.0 Å². The molecule has 0 radical (unpaired) electrons. The fraction of sp³-hybridized carbons (Fsp3) is 0.429. The van der Waals surface area contributed by atoms with Crippen LogP contribution in [0.15, 0.2) is 29.4 Å². The molecule has 0 bridgehead atoms. The number of nitrogens with one attached hydrogen (secondary N) is 2. The lowest BCUT2D eigenvalue weighted by atomic mass is 10.2. The van der Waals surface area contributed by atoms with Crippen LogP contribution in [0.5, 0.6) is 0 Å². The molecule has 1 aliphatic rings. The van der Waals surface area contributed by atoms with Crippen LogP contribution in [0.1, 0.15) is 12.5 Å². The van der Waals surface area contributed by atoms with Gasteiger partial charge in [0.2, 0.25) is 0 Å². The maximum absolute atomic E-state index is 5.35. The Bertz CT molecular complexity index is 455. The van der Waals surface area contributed by atoms with Gasteiger partial charge in [-0.15, -0.1) is 0 Å². The highest BCUT2D eigenvalue weighted by Crippen LogP contribution is 2.15. The topological polar surface area (TPSA) is 48.9 Å². The highest BCUT2D eigenvalue weighted by atomic mass is 32.1. The molecule has 1 aromatic rings. The van der Waals surface area contributed by atoms with Crippen molar-refractivity contribution in [1.82, 2.24) is 10.7 Å². The van der Waals surface area contributed by atoms with Gasteiger partial charge in [0.25, 0.3) is 0 Å². The lowest BCUT2D eigenvalue weighted by molar-refractivity contribution is 0.122. The number of hydrogen-bond donors (Lipinski definition) is 2. The number of morpholine rings is 1. The summed E-state index contributed by atoms with van der Waals surface area (Å²) in [5.74, 6) is 0. The van der Waals surface area contributed by atoms with Crippen LogP contribution in [0, 0.1) is 0 Å². The minimum absolute atomic E-state index is 0.536. The molecule has 20 heavy (non-hydrogen) atoms. The summed E-state index contributed by atoms with van der Waals surface area (Å²) < 4.78 is 5.35. The van der Waals surface area contributed by atoms with Gasteiger partial charge in [-0.3, -0.25) is 5.43 Å². The molecule has 0 saturated carbocycles. The zero-order valence-corrected chi connectivity index (χ0v) is 12.4. The average molecular weight is 292 g/mol. The number of thiocarbonyl (C=S) groups is 1. The van der Waals surface area contributed by atoms with Gasteiger partial charge in [-0.2, -0.15) is 5.10 Å². The first-order valence-electron chi connectivity index (χ1n) is 6.79. The number of benzene rings is 1. The first kappa shape index (κ1) is 14.7. The molecule has 1 aromatic carbocycles. The summed E-state index contributed by atoms with van der Waals surface area (Å²) in [7, 11) is 0. The maximum Gasteiger partial charge on any atom is 0.186 e. The highest BCUT2D eigenvalue weighted by molar-refractivity contribution is 7.80. The van der Waals surface area contributed by atoms with E-state index in [-0.39, 0.29) is 0 Å². The molecule has 108 valence electrons. The maximum atomic E-state index is 5.35. The SMILES string of the molecule is CCNC(=S)N/N=C\c1ccc(N2CCOCC2)cc1. The van der Waals surface area contributed by atoms with E-state index in [1.54, 1.807) is 6.21 Å². The minimum atomic E-state index is 0.536. The smallest absolute Gasteiger partial charge is 0.186 e. The van der Waals surface area contributed by atoms with Gasteiger partial charge in [-0.25, -0.2) is 0 Å².